The summed E-state index contributed by atoms with van der Waals surface area (Å²) >= 11 is 0. The van der Waals surface area contributed by atoms with Crippen LogP contribution in [0.5, 0.6) is 5.75 Å². The van der Waals surface area contributed by atoms with E-state index in [9.17, 15) is 4.79 Å². The van der Waals surface area contributed by atoms with E-state index in [1.807, 2.05) is 13.8 Å². The van der Waals surface area contributed by atoms with Crippen molar-refractivity contribution in [2.75, 3.05) is 27.3 Å². The first-order valence-electron chi connectivity index (χ1n) is 8.25. The van der Waals surface area contributed by atoms with E-state index in [2.05, 4.69) is 20.2 Å². The summed E-state index contributed by atoms with van der Waals surface area (Å²) in [5.41, 5.74) is 1.31. The number of hydrogen-bond acceptors (Lipinski definition) is 6. The van der Waals surface area contributed by atoms with E-state index >= 15 is 0 Å². The van der Waals surface area contributed by atoms with Gasteiger partial charge in [-0.1, -0.05) is 0 Å². The number of pyridine rings is 1. The standard InChI is InChI=1S/C17H23N5O3/c1-10-13(7-18-8-14(10)24-4)17(23)22(3)9-15-12(5-6-25-15)16-19-11(2)20-21-16/h7-8,12,15H,5-6,9H2,1-4H3,(H,19,20,21)/t12-,15-/m1/s1. The molecule has 1 saturated heterocycles. The van der Waals surface area contributed by atoms with Crippen molar-refractivity contribution in [2.24, 2.45) is 0 Å². The summed E-state index contributed by atoms with van der Waals surface area (Å²) in [7, 11) is 3.33. The number of amides is 1. The van der Waals surface area contributed by atoms with E-state index in [-0.39, 0.29) is 17.9 Å². The van der Waals surface area contributed by atoms with Crippen molar-refractivity contribution in [3.63, 3.8) is 0 Å². The van der Waals surface area contributed by atoms with E-state index in [4.69, 9.17) is 9.47 Å². The molecule has 0 saturated carbocycles. The van der Waals surface area contributed by atoms with Crippen molar-refractivity contribution >= 4 is 5.91 Å². The lowest BCUT2D eigenvalue weighted by Crippen LogP contribution is -2.36. The lowest BCUT2D eigenvalue weighted by atomic mass is 10.00. The van der Waals surface area contributed by atoms with Crippen molar-refractivity contribution in [1.82, 2.24) is 25.1 Å². The van der Waals surface area contributed by atoms with Crippen LogP contribution in [0.2, 0.25) is 0 Å². The second-order valence-corrected chi connectivity index (χ2v) is 6.28. The topological polar surface area (TPSA) is 93.2 Å². The summed E-state index contributed by atoms with van der Waals surface area (Å²) in [6.07, 6.45) is 3.91. The molecule has 1 fully saturated rings. The molecular formula is C17H23N5O3. The van der Waals surface area contributed by atoms with Gasteiger partial charge < -0.3 is 14.4 Å². The number of hydrogen-bond donors (Lipinski definition) is 1. The number of methoxy groups -OCH3 is 1. The first-order chi connectivity index (χ1) is 12.0. The summed E-state index contributed by atoms with van der Waals surface area (Å²) in [5, 5.41) is 7.12. The average molecular weight is 345 g/mol. The van der Waals surface area contributed by atoms with Crippen LogP contribution in [0.4, 0.5) is 0 Å². The number of likely N-dealkylation sites (N-methyl/N-ethyl adjacent to an activating group) is 1. The molecular weight excluding hydrogens is 322 g/mol. The summed E-state index contributed by atoms with van der Waals surface area (Å²) in [6.45, 7) is 4.83. The monoisotopic (exact) mass is 345 g/mol. The molecule has 8 heteroatoms. The minimum absolute atomic E-state index is 0.0877. The number of aromatic nitrogens is 4. The number of ether oxygens (including phenoxy) is 2. The summed E-state index contributed by atoms with van der Waals surface area (Å²) in [4.78, 5) is 23.0. The van der Waals surface area contributed by atoms with Gasteiger partial charge in [-0.2, -0.15) is 5.10 Å². The second-order valence-electron chi connectivity index (χ2n) is 6.28. The van der Waals surface area contributed by atoms with Gasteiger partial charge in [-0.25, -0.2) is 4.98 Å². The van der Waals surface area contributed by atoms with Crippen LogP contribution in [0, 0.1) is 13.8 Å². The van der Waals surface area contributed by atoms with Gasteiger partial charge in [-0.05, 0) is 20.3 Å². The fraction of sp³-hybridized carbons (Fsp3) is 0.529. The number of nitrogens with zero attached hydrogens (tertiary/aromatic N) is 4. The minimum Gasteiger partial charge on any atom is -0.495 e. The molecule has 0 radical (unpaired) electrons. The van der Waals surface area contributed by atoms with Gasteiger partial charge in [0.15, 0.2) is 5.82 Å². The molecule has 0 spiro atoms. The molecule has 3 rings (SSSR count). The quantitative estimate of drug-likeness (QED) is 0.882. The Morgan fingerprint density at radius 1 is 1.44 bits per heavy atom. The number of carbonyl (C=O) groups excluding carboxylic acids is 1. The molecule has 0 aromatic carbocycles. The Labute approximate surface area is 146 Å². The van der Waals surface area contributed by atoms with Crippen molar-refractivity contribution in [2.45, 2.75) is 32.3 Å². The SMILES string of the molecule is COc1cncc(C(=O)N(C)C[C@H]2OCC[C@H]2c2n[nH]c(C)n2)c1C. The van der Waals surface area contributed by atoms with Crippen LogP contribution in [-0.2, 0) is 4.74 Å². The third-order valence-electron chi connectivity index (χ3n) is 4.58. The number of H-pyrrole nitrogens is 1. The molecule has 8 nitrogen and oxygen atoms in total. The van der Waals surface area contributed by atoms with Crippen LogP contribution in [0.1, 0.15) is 39.9 Å². The highest BCUT2D eigenvalue weighted by Gasteiger charge is 2.34. The largest absolute Gasteiger partial charge is 0.495 e. The van der Waals surface area contributed by atoms with Crippen LogP contribution in [-0.4, -0.2) is 64.4 Å². The molecule has 0 aliphatic carbocycles. The molecule has 1 aliphatic rings. The second kappa shape index (κ2) is 7.18. The highest BCUT2D eigenvalue weighted by Crippen LogP contribution is 2.30. The lowest BCUT2D eigenvalue weighted by Gasteiger charge is -2.24. The fourth-order valence-electron chi connectivity index (χ4n) is 3.14. The molecule has 2 atom stereocenters. The van der Waals surface area contributed by atoms with Crippen LogP contribution in [0.15, 0.2) is 12.4 Å². The van der Waals surface area contributed by atoms with Crippen LogP contribution in [0.3, 0.4) is 0 Å². The van der Waals surface area contributed by atoms with Crippen LogP contribution >= 0.6 is 0 Å². The number of nitrogens with one attached hydrogen (secondary N) is 1. The molecule has 1 aliphatic heterocycles. The Morgan fingerprint density at radius 3 is 2.92 bits per heavy atom. The van der Waals surface area contributed by atoms with Gasteiger partial charge in [-0.15, -0.1) is 0 Å². The predicted octanol–water partition coefficient (Wildman–Crippen LogP) is 1.47. The fourth-order valence-corrected chi connectivity index (χ4v) is 3.14. The van der Waals surface area contributed by atoms with Gasteiger partial charge in [-0.3, -0.25) is 14.9 Å². The van der Waals surface area contributed by atoms with E-state index in [1.54, 1.807) is 31.5 Å². The van der Waals surface area contributed by atoms with E-state index < -0.39 is 0 Å². The van der Waals surface area contributed by atoms with Gasteiger partial charge >= 0.3 is 0 Å². The molecule has 2 aromatic rings. The maximum atomic E-state index is 12.8. The highest BCUT2D eigenvalue weighted by atomic mass is 16.5. The van der Waals surface area contributed by atoms with Crippen molar-refractivity contribution in [1.29, 1.82) is 0 Å². The predicted molar refractivity (Wildman–Crippen MR) is 90.7 cm³/mol. The van der Waals surface area contributed by atoms with Crippen molar-refractivity contribution in [3.8, 4) is 5.75 Å². The molecule has 134 valence electrons. The first-order valence-corrected chi connectivity index (χ1v) is 8.25. The Morgan fingerprint density at radius 2 is 2.24 bits per heavy atom. The zero-order valence-electron chi connectivity index (χ0n) is 14.9. The highest BCUT2D eigenvalue weighted by molar-refractivity contribution is 5.95. The van der Waals surface area contributed by atoms with Crippen LogP contribution in [0.25, 0.3) is 0 Å². The van der Waals surface area contributed by atoms with Crippen LogP contribution < -0.4 is 4.74 Å². The third kappa shape index (κ3) is 3.48. The summed E-state index contributed by atoms with van der Waals surface area (Å²) < 4.78 is 11.1. The van der Waals surface area contributed by atoms with Gasteiger partial charge in [0, 0.05) is 32.0 Å². The summed E-state index contributed by atoms with van der Waals surface area (Å²) in [5.74, 6) is 2.11. The molecule has 1 amide bonds. The normalized spacial score (nSPS) is 19.8. The Hall–Kier alpha value is -2.48. The van der Waals surface area contributed by atoms with E-state index in [0.717, 1.165) is 23.6 Å². The Bertz CT molecular complexity index is 760. The molecule has 3 heterocycles. The number of aryl methyl sites for hydroxylation is 1. The van der Waals surface area contributed by atoms with Crippen molar-refractivity contribution < 1.29 is 14.3 Å². The van der Waals surface area contributed by atoms with Gasteiger partial charge in [0.2, 0.25) is 0 Å². The number of rotatable bonds is 5. The molecule has 0 bridgehead atoms. The summed E-state index contributed by atoms with van der Waals surface area (Å²) in [6, 6.07) is 0. The third-order valence-corrected chi connectivity index (χ3v) is 4.58. The maximum absolute atomic E-state index is 12.8. The minimum atomic E-state index is -0.122. The molecule has 25 heavy (non-hydrogen) atoms. The zero-order chi connectivity index (χ0) is 18.0. The van der Waals surface area contributed by atoms with E-state index in [1.165, 1.54) is 0 Å². The number of carbonyl (C=O) groups is 1. The average Bonchev–Trinajstić information content (AvgIpc) is 3.23. The van der Waals surface area contributed by atoms with E-state index in [0.29, 0.717) is 24.5 Å². The Balaban J connectivity index is 1.73. The van der Waals surface area contributed by atoms with Gasteiger partial charge in [0.05, 0.1) is 30.9 Å². The van der Waals surface area contributed by atoms with Gasteiger partial charge in [0.25, 0.3) is 5.91 Å². The smallest absolute Gasteiger partial charge is 0.255 e. The molecule has 2 aromatic heterocycles. The number of aromatic amines is 1. The lowest BCUT2D eigenvalue weighted by molar-refractivity contribution is 0.0549. The van der Waals surface area contributed by atoms with Gasteiger partial charge in [0.1, 0.15) is 11.6 Å². The van der Waals surface area contributed by atoms with Crippen molar-refractivity contribution in [3.05, 3.63) is 35.2 Å². The Kier molecular flexibility index (Phi) is 4.98. The molecule has 1 N–H and O–H groups in total. The first kappa shape index (κ1) is 17.3. The zero-order valence-corrected chi connectivity index (χ0v) is 14.9. The maximum Gasteiger partial charge on any atom is 0.255 e. The molecule has 0 unspecified atom stereocenters.